The molecule has 0 bridgehead atoms. The number of halogens is 1. The second kappa shape index (κ2) is 10.4. The quantitative estimate of drug-likeness (QED) is 0.455. The summed E-state index contributed by atoms with van der Waals surface area (Å²) in [5.74, 6) is 0.0647. The van der Waals surface area contributed by atoms with Crippen LogP contribution in [0.3, 0.4) is 0 Å². The molecule has 0 aliphatic carbocycles. The van der Waals surface area contributed by atoms with Crippen LogP contribution < -0.4 is 5.32 Å². The van der Waals surface area contributed by atoms with Gasteiger partial charge in [-0.05, 0) is 36.1 Å². The summed E-state index contributed by atoms with van der Waals surface area (Å²) in [4.78, 5) is 3.36. The van der Waals surface area contributed by atoms with E-state index in [0.29, 0.717) is 26.3 Å². The van der Waals surface area contributed by atoms with Gasteiger partial charge in [-0.15, -0.1) is 0 Å². The summed E-state index contributed by atoms with van der Waals surface area (Å²) in [5, 5.41) is 15.6. The van der Waals surface area contributed by atoms with Gasteiger partial charge in [0.05, 0.1) is 25.4 Å². The molecule has 6 heteroatoms. The summed E-state index contributed by atoms with van der Waals surface area (Å²) in [5.41, 5.74) is 3.36. The molecule has 0 saturated carbocycles. The summed E-state index contributed by atoms with van der Waals surface area (Å²) in [7, 11) is 0. The van der Waals surface area contributed by atoms with Crippen molar-refractivity contribution in [3.8, 4) is 0 Å². The van der Waals surface area contributed by atoms with E-state index >= 15 is 0 Å². The van der Waals surface area contributed by atoms with Crippen LogP contribution in [0.5, 0.6) is 0 Å². The highest BCUT2D eigenvalue weighted by molar-refractivity contribution is 6.31. The van der Waals surface area contributed by atoms with Crippen molar-refractivity contribution in [2.45, 2.75) is 31.0 Å². The molecule has 2 heterocycles. The minimum Gasteiger partial charge on any atom is -0.389 e. The van der Waals surface area contributed by atoms with Crippen molar-refractivity contribution < 1.29 is 14.6 Å². The number of rotatable bonds is 10. The molecule has 0 amide bonds. The van der Waals surface area contributed by atoms with Gasteiger partial charge >= 0.3 is 0 Å². The number of benzene rings is 2. The molecule has 1 aliphatic rings. The number of aromatic nitrogens is 1. The van der Waals surface area contributed by atoms with Crippen molar-refractivity contribution in [3.63, 3.8) is 0 Å². The average Bonchev–Trinajstić information content (AvgIpc) is 3.42. The highest BCUT2D eigenvalue weighted by Gasteiger charge is 2.21. The van der Waals surface area contributed by atoms with Crippen molar-refractivity contribution in [1.82, 2.24) is 10.3 Å². The van der Waals surface area contributed by atoms with Crippen LogP contribution in [0.4, 0.5) is 0 Å². The third kappa shape index (κ3) is 5.23. The normalized spacial score (nSPS) is 18.7. The van der Waals surface area contributed by atoms with Crippen LogP contribution in [0.2, 0.25) is 5.02 Å². The van der Waals surface area contributed by atoms with Gasteiger partial charge in [0.15, 0.2) is 0 Å². The highest BCUT2D eigenvalue weighted by atomic mass is 35.5. The second-order valence-corrected chi connectivity index (χ2v) is 8.26. The number of aliphatic hydroxyl groups excluding tert-OH is 1. The van der Waals surface area contributed by atoms with E-state index in [2.05, 4.69) is 34.7 Å². The number of H-pyrrole nitrogens is 1. The van der Waals surface area contributed by atoms with Gasteiger partial charge in [-0.2, -0.15) is 0 Å². The maximum absolute atomic E-state index is 10.3. The number of aromatic amines is 1. The van der Waals surface area contributed by atoms with Crippen LogP contribution >= 0.6 is 11.6 Å². The zero-order valence-corrected chi connectivity index (χ0v) is 17.8. The van der Waals surface area contributed by atoms with Gasteiger partial charge < -0.3 is 24.9 Å². The first kappa shape index (κ1) is 21.3. The van der Waals surface area contributed by atoms with Crippen LogP contribution in [0.1, 0.15) is 29.9 Å². The first-order chi connectivity index (χ1) is 14.7. The van der Waals surface area contributed by atoms with Crippen molar-refractivity contribution in [2.24, 2.45) is 0 Å². The first-order valence-electron chi connectivity index (χ1n) is 10.6. The van der Waals surface area contributed by atoms with Gasteiger partial charge in [0, 0.05) is 47.7 Å². The fraction of sp³-hybridized carbons (Fsp3) is 0.417. The Bertz CT molecular complexity index is 939. The molecule has 1 saturated heterocycles. The van der Waals surface area contributed by atoms with E-state index in [-0.39, 0.29) is 12.0 Å². The Morgan fingerprint density at radius 1 is 1.13 bits per heavy atom. The Morgan fingerprint density at radius 2 is 1.97 bits per heavy atom. The maximum atomic E-state index is 10.3. The van der Waals surface area contributed by atoms with Crippen LogP contribution in [-0.2, 0) is 9.47 Å². The fourth-order valence-corrected chi connectivity index (χ4v) is 4.36. The Kier molecular flexibility index (Phi) is 7.42. The Balaban J connectivity index is 1.39. The lowest BCUT2D eigenvalue weighted by Crippen LogP contribution is -2.34. The number of ether oxygens (including phenoxy) is 2. The minimum absolute atomic E-state index is 0.0647. The number of nitrogens with one attached hydrogen (secondary N) is 2. The fourth-order valence-electron chi connectivity index (χ4n) is 4.09. The number of para-hydroxylation sites is 1. The molecule has 3 N–H and O–H groups in total. The topological polar surface area (TPSA) is 66.5 Å². The smallest absolute Gasteiger partial charge is 0.0897 e. The van der Waals surface area contributed by atoms with E-state index in [0.717, 1.165) is 35.6 Å². The molecule has 1 fully saturated rings. The minimum atomic E-state index is -0.568. The Labute approximate surface area is 182 Å². The van der Waals surface area contributed by atoms with Crippen molar-refractivity contribution in [2.75, 3.05) is 32.9 Å². The SMILES string of the molecule is O[C@H](CNC[C@@H](c1ccccc1Cl)c1c[nH]c2ccccc12)COC[C@H]1CCCO1. The van der Waals surface area contributed by atoms with Gasteiger partial charge in [0.2, 0.25) is 0 Å². The molecule has 2 aromatic carbocycles. The third-order valence-corrected chi connectivity index (χ3v) is 5.99. The molecule has 3 atom stereocenters. The van der Waals surface area contributed by atoms with E-state index in [1.54, 1.807) is 0 Å². The molecule has 5 nitrogen and oxygen atoms in total. The predicted molar refractivity (Wildman–Crippen MR) is 120 cm³/mol. The first-order valence-corrected chi connectivity index (χ1v) is 11.0. The molecule has 1 aliphatic heterocycles. The number of aliphatic hydroxyl groups is 1. The third-order valence-electron chi connectivity index (χ3n) is 5.64. The van der Waals surface area contributed by atoms with E-state index < -0.39 is 6.10 Å². The molecule has 0 spiro atoms. The number of fused-ring (bicyclic) bond motifs is 1. The molecule has 0 radical (unpaired) electrons. The van der Waals surface area contributed by atoms with Crippen molar-refractivity contribution in [1.29, 1.82) is 0 Å². The van der Waals surface area contributed by atoms with Gasteiger partial charge in [-0.1, -0.05) is 48.0 Å². The molecule has 0 unspecified atom stereocenters. The van der Waals surface area contributed by atoms with Gasteiger partial charge in [0.25, 0.3) is 0 Å². The molecular weight excluding hydrogens is 400 g/mol. The molecule has 4 rings (SSSR count). The van der Waals surface area contributed by atoms with Gasteiger partial charge in [-0.25, -0.2) is 0 Å². The van der Waals surface area contributed by atoms with Gasteiger partial charge in [-0.3, -0.25) is 0 Å². The zero-order valence-electron chi connectivity index (χ0n) is 17.0. The highest BCUT2D eigenvalue weighted by Crippen LogP contribution is 2.34. The maximum Gasteiger partial charge on any atom is 0.0897 e. The van der Waals surface area contributed by atoms with Crippen LogP contribution in [0.15, 0.2) is 54.7 Å². The van der Waals surface area contributed by atoms with Crippen molar-refractivity contribution in [3.05, 3.63) is 70.9 Å². The molecule has 160 valence electrons. The molecule has 1 aromatic heterocycles. The van der Waals surface area contributed by atoms with Crippen LogP contribution in [0.25, 0.3) is 10.9 Å². The van der Waals surface area contributed by atoms with Crippen LogP contribution in [-0.4, -0.2) is 55.2 Å². The summed E-state index contributed by atoms with van der Waals surface area (Å²) >= 11 is 6.54. The molecule has 3 aromatic rings. The average molecular weight is 429 g/mol. The summed E-state index contributed by atoms with van der Waals surface area (Å²) in [6.45, 7) is 2.78. The summed E-state index contributed by atoms with van der Waals surface area (Å²) in [6.07, 6.45) is 3.80. The van der Waals surface area contributed by atoms with E-state index in [9.17, 15) is 5.11 Å². The molecular formula is C24H29ClN2O3. The van der Waals surface area contributed by atoms with E-state index in [1.807, 2.05) is 30.3 Å². The lowest BCUT2D eigenvalue weighted by Gasteiger charge is -2.21. The molecule has 30 heavy (non-hydrogen) atoms. The zero-order chi connectivity index (χ0) is 20.8. The lowest BCUT2D eigenvalue weighted by atomic mass is 9.90. The summed E-state index contributed by atoms with van der Waals surface area (Å²) < 4.78 is 11.2. The Hall–Kier alpha value is -1.89. The number of hydrogen-bond acceptors (Lipinski definition) is 4. The van der Waals surface area contributed by atoms with Gasteiger partial charge in [0.1, 0.15) is 0 Å². The van der Waals surface area contributed by atoms with Crippen molar-refractivity contribution >= 4 is 22.5 Å². The van der Waals surface area contributed by atoms with E-state index in [4.69, 9.17) is 21.1 Å². The standard InChI is InChI=1S/C24H29ClN2O3/c25-23-9-3-1-7-19(23)21(22-14-27-24-10-4-2-8-20(22)24)13-26-12-17(28)15-29-16-18-6-5-11-30-18/h1-4,7-10,14,17-18,21,26-28H,5-6,11-13,15-16H2/t17-,18-,21+/m1/s1. The Morgan fingerprint density at radius 3 is 2.80 bits per heavy atom. The van der Waals surface area contributed by atoms with E-state index in [1.165, 1.54) is 10.9 Å². The second-order valence-electron chi connectivity index (χ2n) is 7.85. The largest absolute Gasteiger partial charge is 0.389 e. The predicted octanol–water partition coefficient (Wildman–Crippen LogP) is 4.10. The summed E-state index contributed by atoms with van der Waals surface area (Å²) in [6, 6.07) is 16.2. The van der Waals surface area contributed by atoms with Crippen LogP contribution in [0, 0.1) is 0 Å². The number of hydrogen-bond donors (Lipinski definition) is 3. The lowest BCUT2D eigenvalue weighted by molar-refractivity contribution is -0.0164. The monoisotopic (exact) mass is 428 g/mol.